The number of carbonyl (C=O) groups excluding carboxylic acids is 3. The van der Waals surface area contributed by atoms with Gasteiger partial charge in [-0.3, -0.25) is 14.9 Å². The molecule has 2 aromatic rings. The van der Waals surface area contributed by atoms with Gasteiger partial charge in [-0.05, 0) is 70.5 Å². The number of phenolic OH excluding ortho intramolecular Hbond substituents is 1. The van der Waals surface area contributed by atoms with Crippen LogP contribution in [0.5, 0.6) is 11.5 Å². The SMILES string of the molecule is CCc1ccc(N2C(=O)NC(=O)/C(=C\c3cc(I)c(O)c(OC)c3)C2=O)cc1. The fourth-order valence-corrected chi connectivity index (χ4v) is 3.40. The number of aryl methyl sites for hydroxylation is 1. The molecule has 0 spiro atoms. The minimum Gasteiger partial charge on any atom is -0.504 e. The predicted octanol–water partition coefficient (Wildman–Crippen LogP) is 3.23. The highest BCUT2D eigenvalue weighted by Crippen LogP contribution is 2.33. The number of methoxy groups -OCH3 is 1. The molecule has 1 heterocycles. The second-order valence-electron chi connectivity index (χ2n) is 6.03. The number of halogens is 1. The number of aromatic hydroxyl groups is 1. The summed E-state index contributed by atoms with van der Waals surface area (Å²) in [5.41, 5.74) is 1.72. The summed E-state index contributed by atoms with van der Waals surface area (Å²) in [7, 11) is 1.40. The Bertz CT molecular complexity index is 998. The number of urea groups is 1. The number of nitrogens with zero attached hydrogens (tertiary/aromatic N) is 1. The number of anilines is 1. The number of imide groups is 2. The Morgan fingerprint density at radius 2 is 1.86 bits per heavy atom. The number of hydrogen-bond acceptors (Lipinski definition) is 5. The van der Waals surface area contributed by atoms with Gasteiger partial charge in [0.2, 0.25) is 0 Å². The molecule has 0 saturated carbocycles. The van der Waals surface area contributed by atoms with Crippen molar-refractivity contribution < 1.29 is 24.2 Å². The Labute approximate surface area is 175 Å². The molecule has 1 saturated heterocycles. The smallest absolute Gasteiger partial charge is 0.335 e. The van der Waals surface area contributed by atoms with E-state index in [2.05, 4.69) is 5.32 Å². The van der Waals surface area contributed by atoms with Crippen molar-refractivity contribution in [3.8, 4) is 11.5 Å². The van der Waals surface area contributed by atoms with Crippen LogP contribution >= 0.6 is 22.6 Å². The highest BCUT2D eigenvalue weighted by molar-refractivity contribution is 14.1. The molecule has 0 unspecified atom stereocenters. The summed E-state index contributed by atoms with van der Waals surface area (Å²) in [6, 6.07) is 9.28. The standard InChI is InChI=1S/C20H17IN2O5/c1-3-11-4-6-13(7-5-11)23-19(26)14(18(25)22-20(23)27)8-12-9-15(21)17(24)16(10-12)28-2/h4-10,24H,3H2,1-2H3,(H,22,25,27)/b14-8+. The van der Waals surface area contributed by atoms with E-state index in [4.69, 9.17) is 4.74 Å². The van der Waals surface area contributed by atoms with Gasteiger partial charge in [-0.15, -0.1) is 0 Å². The molecule has 144 valence electrons. The van der Waals surface area contributed by atoms with E-state index in [9.17, 15) is 19.5 Å². The molecule has 1 aliphatic rings. The second-order valence-corrected chi connectivity index (χ2v) is 7.19. The van der Waals surface area contributed by atoms with E-state index in [1.165, 1.54) is 19.3 Å². The van der Waals surface area contributed by atoms with Gasteiger partial charge in [-0.25, -0.2) is 9.69 Å². The molecule has 8 heteroatoms. The van der Waals surface area contributed by atoms with Gasteiger partial charge in [0, 0.05) is 0 Å². The molecule has 4 amide bonds. The molecule has 1 fully saturated rings. The van der Waals surface area contributed by atoms with Crippen LogP contribution in [0, 0.1) is 3.57 Å². The maximum absolute atomic E-state index is 12.9. The van der Waals surface area contributed by atoms with Gasteiger partial charge in [-0.1, -0.05) is 19.1 Å². The highest BCUT2D eigenvalue weighted by atomic mass is 127. The molecule has 0 bridgehead atoms. The quantitative estimate of drug-likeness (QED) is 0.388. The summed E-state index contributed by atoms with van der Waals surface area (Å²) in [6.45, 7) is 2.00. The predicted molar refractivity (Wildman–Crippen MR) is 112 cm³/mol. The van der Waals surface area contributed by atoms with Crippen molar-refractivity contribution in [1.29, 1.82) is 0 Å². The van der Waals surface area contributed by atoms with Crippen LogP contribution in [0.25, 0.3) is 6.08 Å². The van der Waals surface area contributed by atoms with E-state index in [1.54, 1.807) is 18.2 Å². The van der Waals surface area contributed by atoms with Gasteiger partial charge in [-0.2, -0.15) is 0 Å². The van der Waals surface area contributed by atoms with Gasteiger partial charge in [0.1, 0.15) is 5.57 Å². The maximum atomic E-state index is 12.9. The van der Waals surface area contributed by atoms with E-state index >= 15 is 0 Å². The molecule has 28 heavy (non-hydrogen) atoms. The van der Waals surface area contributed by atoms with Crippen molar-refractivity contribution in [3.63, 3.8) is 0 Å². The summed E-state index contributed by atoms with van der Waals surface area (Å²) in [5.74, 6) is -1.32. The van der Waals surface area contributed by atoms with Crippen LogP contribution in [0.2, 0.25) is 0 Å². The van der Waals surface area contributed by atoms with E-state index in [-0.39, 0.29) is 17.1 Å². The average Bonchev–Trinajstić information content (AvgIpc) is 2.68. The van der Waals surface area contributed by atoms with Crippen LogP contribution in [0.4, 0.5) is 10.5 Å². The fraction of sp³-hybridized carbons (Fsp3) is 0.150. The molecule has 0 radical (unpaired) electrons. The first kappa shape index (κ1) is 19.9. The zero-order chi connectivity index (χ0) is 20.4. The molecular weight excluding hydrogens is 475 g/mol. The Morgan fingerprint density at radius 1 is 1.18 bits per heavy atom. The van der Waals surface area contributed by atoms with Gasteiger partial charge < -0.3 is 9.84 Å². The summed E-state index contributed by atoms with van der Waals surface area (Å²) < 4.78 is 5.60. The third-order valence-electron chi connectivity index (χ3n) is 4.29. The Morgan fingerprint density at radius 3 is 2.46 bits per heavy atom. The monoisotopic (exact) mass is 492 g/mol. The van der Waals surface area contributed by atoms with Crippen LogP contribution in [-0.4, -0.2) is 30.1 Å². The molecule has 7 nitrogen and oxygen atoms in total. The van der Waals surface area contributed by atoms with Crippen LogP contribution in [-0.2, 0) is 16.0 Å². The van der Waals surface area contributed by atoms with Gasteiger partial charge in [0.05, 0.1) is 16.4 Å². The number of benzene rings is 2. The minimum absolute atomic E-state index is 0.0301. The first-order valence-corrected chi connectivity index (χ1v) is 9.50. The number of carbonyl (C=O) groups is 3. The number of rotatable bonds is 4. The first-order chi connectivity index (χ1) is 13.3. The average molecular weight is 492 g/mol. The molecule has 0 aliphatic carbocycles. The topological polar surface area (TPSA) is 95.9 Å². The molecular formula is C20H17IN2O5. The molecule has 2 N–H and O–H groups in total. The summed E-state index contributed by atoms with van der Waals surface area (Å²) in [6.07, 6.45) is 2.19. The lowest BCUT2D eigenvalue weighted by Crippen LogP contribution is -2.54. The third kappa shape index (κ3) is 3.72. The van der Waals surface area contributed by atoms with Crippen LogP contribution in [0.3, 0.4) is 0 Å². The molecule has 1 aliphatic heterocycles. The van der Waals surface area contributed by atoms with Gasteiger partial charge >= 0.3 is 6.03 Å². The summed E-state index contributed by atoms with van der Waals surface area (Å²) in [5, 5.41) is 12.1. The van der Waals surface area contributed by atoms with Crippen molar-refractivity contribution in [2.75, 3.05) is 12.0 Å². The molecule has 0 atom stereocenters. The normalized spacial score (nSPS) is 15.8. The van der Waals surface area contributed by atoms with Crippen LogP contribution in [0.15, 0.2) is 42.0 Å². The van der Waals surface area contributed by atoms with Gasteiger partial charge in [0.25, 0.3) is 11.8 Å². The number of barbiturate groups is 1. The van der Waals surface area contributed by atoms with Crippen molar-refractivity contribution in [2.45, 2.75) is 13.3 Å². The lowest BCUT2D eigenvalue weighted by atomic mass is 10.1. The summed E-state index contributed by atoms with van der Waals surface area (Å²) in [4.78, 5) is 38.4. The summed E-state index contributed by atoms with van der Waals surface area (Å²) >= 11 is 1.92. The van der Waals surface area contributed by atoms with Crippen molar-refractivity contribution in [1.82, 2.24) is 5.32 Å². The number of ether oxygens (including phenoxy) is 1. The zero-order valence-corrected chi connectivity index (χ0v) is 17.3. The zero-order valence-electron chi connectivity index (χ0n) is 15.2. The number of amides is 4. The van der Waals surface area contributed by atoms with Crippen LogP contribution in [0.1, 0.15) is 18.1 Å². The van der Waals surface area contributed by atoms with Crippen molar-refractivity contribution in [2.24, 2.45) is 0 Å². The van der Waals surface area contributed by atoms with Crippen LogP contribution < -0.4 is 15.0 Å². The van der Waals surface area contributed by atoms with E-state index in [1.807, 2.05) is 41.6 Å². The second kappa shape index (κ2) is 8.01. The number of nitrogens with one attached hydrogen (secondary N) is 1. The number of hydrogen-bond donors (Lipinski definition) is 2. The maximum Gasteiger partial charge on any atom is 0.335 e. The van der Waals surface area contributed by atoms with Crippen molar-refractivity contribution in [3.05, 3.63) is 56.7 Å². The highest BCUT2D eigenvalue weighted by Gasteiger charge is 2.36. The Balaban J connectivity index is 2.02. The lowest BCUT2D eigenvalue weighted by Gasteiger charge is -2.26. The van der Waals surface area contributed by atoms with E-state index in [0.717, 1.165) is 16.9 Å². The van der Waals surface area contributed by atoms with Crippen molar-refractivity contribution >= 4 is 52.2 Å². The Hall–Kier alpha value is -2.88. The minimum atomic E-state index is -0.797. The third-order valence-corrected chi connectivity index (χ3v) is 5.11. The Kier molecular flexibility index (Phi) is 5.68. The molecule has 3 rings (SSSR count). The molecule has 2 aromatic carbocycles. The fourth-order valence-electron chi connectivity index (χ4n) is 2.77. The largest absolute Gasteiger partial charge is 0.504 e. The van der Waals surface area contributed by atoms with E-state index in [0.29, 0.717) is 14.8 Å². The number of phenols is 1. The van der Waals surface area contributed by atoms with Gasteiger partial charge in [0.15, 0.2) is 11.5 Å². The lowest BCUT2D eigenvalue weighted by molar-refractivity contribution is -0.122. The first-order valence-electron chi connectivity index (χ1n) is 8.42. The molecule has 0 aromatic heterocycles. The van der Waals surface area contributed by atoms with E-state index < -0.39 is 17.8 Å².